The van der Waals surface area contributed by atoms with E-state index in [1.807, 2.05) is 0 Å². The van der Waals surface area contributed by atoms with Crippen LogP contribution in [0.4, 0.5) is 13.6 Å². The fourth-order valence-electron chi connectivity index (χ4n) is 2.64. The Balaban J connectivity index is 2.24. The maximum atomic E-state index is 13.4. The summed E-state index contributed by atoms with van der Waals surface area (Å²) in [7, 11) is 0. The lowest BCUT2D eigenvalue weighted by Crippen LogP contribution is -2.43. The molecule has 1 N–H and O–H groups in total. The number of rotatable bonds is 2. The van der Waals surface area contributed by atoms with E-state index < -0.39 is 41.3 Å². The van der Waals surface area contributed by atoms with Crippen molar-refractivity contribution in [2.45, 2.75) is 44.8 Å². The maximum absolute atomic E-state index is 13.4. The number of hydrogen-bond acceptors (Lipinski definition) is 3. The van der Waals surface area contributed by atoms with Gasteiger partial charge in [0, 0.05) is 18.5 Å². The van der Waals surface area contributed by atoms with Gasteiger partial charge in [0.2, 0.25) is 0 Å². The molecule has 0 unspecified atom stereocenters. The first-order valence-corrected chi connectivity index (χ1v) is 7.25. The summed E-state index contributed by atoms with van der Waals surface area (Å²) < 4.78 is 31.9. The van der Waals surface area contributed by atoms with E-state index in [0.29, 0.717) is 5.56 Å². The van der Waals surface area contributed by atoms with E-state index >= 15 is 0 Å². The van der Waals surface area contributed by atoms with Gasteiger partial charge in [-0.15, -0.1) is 0 Å². The van der Waals surface area contributed by atoms with Crippen LogP contribution in [0.25, 0.3) is 0 Å². The topological polar surface area (TPSA) is 66.8 Å². The predicted molar refractivity (Wildman–Crippen MR) is 78.1 cm³/mol. The summed E-state index contributed by atoms with van der Waals surface area (Å²) in [6.45, 7) is 5.07. The Morgan fingerprint density at radius 1 is 1.22 bits per heavy atom. The highest BCUT2D eigenvalue weighted by atomic mass is 19.1. The molecule has 0 radical (unpaired) electrons. The molecule has 0 aromatic heterocycles. The molecule has 126 valence electrons. The van der Waals surface area contributed by atoms with Gasteiger partial charge in [0.25, 0.3) is 0 Å². The van der Waals surface area contributed by atoms with Crippen LogP contribution in [-0.4, -0.2) is 40.3 Å². The number of likely N-dealkylation sites (tertiary alicyclic amines) is 1. The molecule has 1 aromatic carbocycles. The van der Waals surface area contributed by atoms with Gasteiger partial charge < -0.3 is 9.84 Å². The van der Waals surface area contributed by atoms with Crippen LogP contribution in [0.3, 0.4) is 0 Å². The minimum Gasteiger partial charge on any atom is -0.480 e. The molecule has 1 saturated heterocycles. The van der Waals surface area contributed by atoms with E-state index in [-0.39, 0.29) is 13.0 Å². The highest BCUT2D eigenvalue weighted by Crippen LogP contribution is 2.33. The summed E-state index contributed by atoms with van der Waals surface area (Å²) in [4.78, 5) is 24.7. The molecule has 2 rings (SSSR count). The zero-order valence-corrected chi connectivity index (χ0v) is 13.2. The molecule has 0 bridgehead atoms. The van der Waals surface area contributed by atoms with Crippen molar-refractivity contribution in [3.05, 3.63) is 35.4 Å². The molecule has 23 heavy (non-hydrogen) atoms. The lowest BCUT2D eigenvalue weighted by Gasteiger charge is -2.26. The van der Waals surface area contributed by atoms with Crippen molar-refractivity contribution in [1.29, 1.82) is 0 Å². The van der Waals surface area contributed by atoms with Crippen LogP contribution in [0.2, 0.25) is 0 Å². The minimum absolute atomic E-state index is 0.0365. The molecule has 1 heterocycles. The molecule has 0 spiro atoms. The molecule has 1 aliphatic rings. The molecule has 1 amide bonds. The van der Waals surface area contributed by atoms with Crippen molar-refractivity contribution in [1.82, 2.24) is 4.90 Å². The van der Waals surface area contributed by atoms with E-state index in [0.717, 1.165) is 23.1 Å². The number of carboxylic acids is 1. The van der Waals surface area contributed by atoms with Gasteiger partial charge in [-0.25, -0.2) is 18.4 Å². The van der Waals surface area contributed by atoms with Crippen molar-refractivity contribution < 1.29 is 28.2 Å². The monoisotopic (exact) mass is 327 g/mol. The largest absolute Gasteiger partial charge is 0.480 e. The second kappa shape index (κ2) is 6.14. The van der Waals surface area contributed by atoms with Gasteiger partial charge >= 0.3 is 12.1 Å². The van der Waals surface area contributed by atoms with Crippen LogP contribution in [-0.2, 0) is 9.53 Å². The van der Waals surface area contributed by atoms with Gasteiger partial charge in [0.1, 0.15) is 23.3 Å². The normalized spacial score (nSPS) is 21.3. The summed E-state index contributed by atoms with van der Waals surface area (Å²) in [5, 5.41) is 9.31. The Labute approximate surface area is 132 Å². The molecule has 7 heteroatoms. The van der Waals surface area contributed by atoms with Crippen molar-refractivity contribution in [2.75, 3.05) is 6.54 Å². The quantitative estimate of drug-likeness (QED) is 0.906. The molecule has 0 aliphatic carbocycles. The number of aliphatic carboxylic acids is 1. The molecule has 1 aromatic rings. The van der Waals surface area contributed by atoms with Gasteiger partial charge in [-0.1, -0.05) is 0 Å². The third-order valence-corrected chi connectivity index (χ3v) is 3.57. The molecule has 2 atom stereocenters. The zero-order chi connectivity index (χ0) is 17.4. The Morgan fingerprint density at radius 3 is 2.26 bits per heavy atom. The Hall–Kier alpha value is -2.18. The van der Waals surface area contributed by atoms with E-state index in [2.05, 4.69) is 0 Å². The third kappa shape index (κ3) is 4.18. The van der Waals surface area contributed by atoms with Gasteiger partial charge in [-0.2, -0.15) is 0 Å². The average molecular weight is 327 g/mol. The lowest BCUT2D eigenvalue weighted by molar-refractivity contribution is -0.142. The highest BCUT2D eigenvalue weighted by molar-refractivity contribution is 5.81. The molecule has 1 fully saturated rings. The first-order valence-electron chi connectivity index (χ1n) is 7.25. The Morgan fingerprint density at radius 2 is 1.78 bits per heavy atom. The van der Waals surface area contributed by atoms with Crippen LogP contribution in [0.5, 0.6) is 0 Å². The minimum atomic E-state index is -1.17. The first-order chi connectivity index (χ1) is 10.6. The second-order valence-electron chi connectivity index (χ2n) is 6.62. The summed E-state index contributed by atoms with van der Waals surface area (Å²) in [6, 6.07) is 1.98. The third-order valence-electron chi connectivity index (χ3n) is 3.57. The zero-order valence-electron chi connectivity index (χ0n) is 13.2. The average Bonchev–Trinajstić information content (AvgIpc) is 2.80. The van der Waals surface area contributed by atoms with Crippen LogP contribution in [0, 0.1) is 11.6 Å². The summed E-state index contributed by atoms with van der Waals surface area (Å²) in [5.41, 5.74) is -0.428. The number of halogens is 2. The summed E-state index contributed by atoms with van der Waals surface area (Å²) in [5.74, 6) is -3.10. The molecule has 1 aliphatic heterocycles. The number of carboxylic acid groups (broad SMARTS) is 1. The number of benzene rings is 1. The van der Waals surface area contributed by atoms with Gasteiger partial charge in [0.15, 0.2) is 0 Å². The molecule has 5 nitrogen and oxygen atoms in total. The highest BCUT2D eigenvalue weighted by Gasteiger charge is 2.42. The van der Waals surface area contributed by atoms with Crippen LogP contribution in [0.1, 0.15) is 38.7 Å². The van der Waals surface area contributed by atoms with Gasteiger partial charge in [0.05, 0.1) is 0 Å². The number of ether oxygens (including phenoxy) is 1. The maximum Gasteiger partial charge on any atom is 0.411 e. The van der Waals surface area contributed by atoms with Gasteiger partial charge in [-0.3, -0.25) is 4.90 Å². The number of amides is 1. The smallest absolute Gasteiger partial charge is 0.411 e. The standard InChI is InChI=1S/C16H19F2NO4/c1-16(2,3)23-15(22)19-8-10(6-13(19)14(20)21)9-4-11(17)7-12(18)5-9/h4-5,7,10,13H,6,8H2,1-3H3,(H,20,21)/t10-,13+/m1/s1. The fourth-order valence-corrected chi connectivity index (χ4v) is 2.64. The van der Waals surface area contributed by atoms with Gasteiger partial charge in [-0.05, 0) is 44.9 Å². The molecular weight excluding hydrogens is 308 g/mol. The van der Waals surface area contributed by atoms with E-state index in [4.69, 9.17) is 4.74 Å². The number of hydrogen-bond donors (Lipinski definition) is 1. The fraction of sp³-hybridized carbons (Fsp3) is 0.500. The predicted octanol–water partition coefficient (Wildman–Crippen LogP) is 3.14. The van der Waals surface area contributed by atoms with Crippen molar-refractivity contribution in [3.8, 4) is 0 Å². The van der Waals surface area contributed by atoms with E-state index in [1.54, 1.807) is 20.8 Å². The number of carbonyl (C=O) groups is 2. The van der Waals surface area contributed by atoms with Crippen molar-refractivity contribution in [3.63, 3.8) is 0 Å². The van der Waals surface area contributed by atoms with E-state index in [9.17, 15) is 23.5 Å². The Bertz CT molecular complexity index is 607. The molecule has 0 saturated carbocycles. The summed E-state index contributed by atoms with van der Waals surface area (Å²) >= 11 is 0. The van der Waals surface area contributed by atoms with Crippen molar-refractivity contribution >= 4 is 12.1 Å². The number of carbonyl (C=O) groups excluding carboxylic acids is 1. The van der Waals surface area contributed by atoms with Crippen LogP contribution < -0.4 is 0 Å². The summed E-state index contributed by atoms with van der Waals surface area (Å²) in [6.07, 6.45) is -0.665. The number of nitrogens with zero attached hydrogens (tertiary/aromatic N) is 1. The SMILES string of the molecule is CC(C)(C)OC(=O)N1C[C@H](c2cc(F)cc(F)c2)C[C@H]1C(=O)O. The first kappa shape index (κ1) is 17.2. The van der Waals surface area contributed by atoms with Crippen LogP contribution >= 0.6 is 0 Å². The second-order valence-corrected chi connectivity index (χ2v) is 6.62. The van der Waals surface area contributed by atoms with Crippen LogP contribution in [0.15, 0.2) is 18.2 Å². The van der Waals surface area contributed by atoms with E-state index in [1.165, 1.54) is 0 Å². The molecular formula is C16H19F2NO4. The van der Waals surface area contributed by atoms with Crippen molar-refractivity contribution in [2.24, 2.45) is 0 Å². The Kier molecular flexibility index (Phi) is 4.58. The lowest BCUT2D eigenvalue weighted by atomic mass is 9.96.